The van der Waals surface area contributed by atoms with Gasteiger partial charge in [0, 0.05) is 6.54 Å². The fourth-order valence-corrected chi connectivity index (χ4v) is 3.89. The molecule has 3 saturated heterocycles. The molecule has 0 radical (unpaired) electrons. The number of halogens is 1. The average Bonchev–Trinajstić information content (AvgIpc) is 3.27. The summed E-state index contributed by atoms with van der Waals surface area (Å²) < 4.78 is 49.0. The number of nitrogens with one attached hydrogen (secondary N) is 1. The van der Waals surface area contributed by atoms with Gasteiger partial charge in [0.05, 0.1) is 19.2 Å². The molecule has 0 saturated carbocycles. The molecule has 5 atom stereocenters. The van der Waals surface area contributed by atoms with E-state index < -0.39 is 65.3 Å². The molecule has 0 aliphatic carbocycles. The maximum Gasteiger partial charge on any atom is 0.328 e. The van der Waals surface area contributed by atoms with Crippen LogP contribution in [0, 0.1) is 5.82 Å². The summed E-state index contributed by atoms with van der Waals surface area (Å²) in [6, 6.07) is 0. The number of aryl methyl sites for hydroxylation is 1. The number of aromatic nitrogens is 2. The molecule has 1 aromatic rings. The Kier molecular flexibility index (Phi) is 5.54. The lowest BCUT2D eigenvalue weighted by atomic mass is 10.1. The highest BCUT2D eigenvalue weighted by Gasteiger charge is 2.60. The number of carbonyl (C=O) groups excluding carboxylic acids is 1. The number of ether oxygens (including phenoxy) is 6. The second kappa shape index (κ2) is 7.78. The molecule has 1 N–H and O–H groups in total. The van der Waals surface area contributed by atoms with Crippen molar-refractivity contribution in [3.8, 4) is 0 Å². The van der Waals surface area contributed by atoms with E-state index in [1.165, 1.54) is 0 Å². The van der Waals surface area contributed by atoms with Crippen LogP contribution < -0.4 is 11.2 Å². The van der Waals surface area contributed by atoms with E-state index in [-0.39, 0.29) is 19.6 Å². The first-order valence-electron chi connectivity index (χ1n) is 9.96. The van der Waals surface area contributed by atoms with Crippen LogP contribution in [-0.4, -0.2) is 64.4 Å². The minimum absolute atomic E-state index is 0.184. The van der Waals surface area contributed by atoms with Gasteiger partial charge in [-0.25, -0.2) is 4.79 Å². The molecule has 3 aliphatic heterocycles. The van der Waals surface area contributed by atoms with Crippen molar-refractivity contribution >= 4 is 5.97 Å². The van der Waals surface area contributed by atoms with Crippen LogP contribution >= 0.6 is 0 Å². The van der Waals surface area contributed by atoms with Gasteiger partial charge >= 0.3 is 11.7 Å². The number of hydrogen-bond acceptors (Lipinski definition) is 9. The van der Waals surface area contributed by atoms with Crippen molar-refractivity contribution in [3.05, 3.63) is 32.9 Å². The highest BCUT2D eigenvalue weighted by Crippen LogP contribution is 2.42. The first-order chi connectivity index (χ1) is 14.4. The van der Waals surface area contributed by atoms with E-state index in [0.717, 1.165) is 10.8 Å². The molecule has 172 valence electrons. The predicted octanol–water partition coefficient (Wildman–Crippen LogP) is 0.00550. The fourth-order valence-electron chi connectivity index (χ4n) is 3.89. The highest BCUT2D eigenvalue weighted by atomic mass is 19.1. The van der Waals surface area contributed by atoms with Crippen molar-refractivity contribution in [3.63, 3.8) is 0 Å². The Balaban J connectivity index is 1.45. The summed E-state index contributed by atoms with van der Waals surface area (Å²) >= 11 is 0. The van der Waals surface area contributed by atoms with E-state index in [0.29, 0.717) is 0 Å². The minimum Gasteiger partial charge on any atom is -0.456 e. The van der Waals surface area contributed by atoms with E-state index >= 15 is 0 Å². The van der Waals surface area contributed by atoms with Gasteiger partial charge in [0.15, 0.2) is 30.1 Å². The van der Waals surface area contributed by atoms with Crippen LogP contribution in [0.3, 0.4) is 0 Å². The first kappa shape index (κ1) is 22.1. The highest BCUT2D eigenvalue weighted by molar-refractivity contribution is 5.69. The summed E-state index contributed by atoms with van der Waals surface area (Å²) in [5.74, 6) is -3.52. The lowest BCUT2D eigenvalue weighted by Crippen LogP contribution is -2.45. The molecule has 0 bridgehead atoms. The van der Waals surface area contributed by atoms with Crippen molar-refractivity contribution in [1.82, 2.24) is 9.55 Å². The number of carbonyl (C=O) groups is 1. The van der Waals surface area contributed by atoms with Gasteiger partial charge < -0.3 is 28.4 Å². The Labute approximate surface area is 176 Å². The average molecular weight is 444 g/mol. The molecular weight excluding hydrogens is 419 g/mol. The lowest BCUT2D eigenvalue weighted by molar-refractivity contribution is -0.235. The van der Waals surface area contributed by atoms with Crippen LogP contribution in [0.5, 0.6) is 0 Å². The molecule has 4 heterocycles. The van der Waals surface area contributed by atoms with E-state index in [9.17, 15) is 18.8 Å². The zero-order chi connectivity index (χ0) is 22.6. The summed E-state index contributed by atoms with van der Waals surface area (Å²) in [7, 11) is 0. The molecule has 1 unspecified atom stereocenters. The predicted molar refractivity (Wildman–Crippen MR) is 99.4 cm³/mol. The largest absolute Gasteiger partial charge is 0.456 e. The van der Waals surface area contributed by atoms with Crippen molar-refractivity contribution in [2.75, 3.05) is 6.61 Å². The van der Waals surface area contributed by atoms with Crippen molar-refractivity contribution in [2.45, 2.75) is 82.9 Å². The van der Waals surface area contributed by atoms with Crippen LogP contribution in [0.25, 0.3) is 0 Å². The molecular formula is C19H25FN2O9. The second-order valence-corrected chi connectivity index (χ2v) is 8.57. The van der Waals surface area contributed by atoms with E-state index in [1.807, 2.05) is 4.98 Å². The Morgan fingerprint density at radius 3 is 2.61 bits per heavy atom. The van der Waals surface area contributed by atoms with Crippen LogP contribution in [0.4, 0.5) is 4.39 Å². The van der Waals surface area contributed by atoms with Gasteiger partial charge in [-0.2, -0.15) is 4.39 Å². The Bertz CT molecular complexity index is 972. The molecule has 12 heteroatoms. The molecule has 0 amide bonds. The molecule has 0 spiro atoms. The van der Waals surface area contributed by atoms with E-state index in [2.05, 4.69) is 0 Å². The number of aromatic amines is 1. The molecule has 0 aromatic carbocycles. The van der Waals surface area contributed by atoms with Gasteiger partial charge in [0.1, 0.15) is 12.2 Å². The smallest absolute Gasteiger partial charge is 0.328 e. The fraction of sp³-hybridized carbons (Fsp3) is 0.737. The van der Waals surface area contributed by atoms with Crippen molar-refractivity contribution in [2.24, 2.45) is 0 Å². The maximum atomic E-state index is 13.4. The number of hydrogen-bond donors (Lipinski definition) is 1. The van der Waals surface area contributed by atoms with Crippen molar-refractivity contribution < 1.29 is 37.6 Å². The van der Waals surface area contributed by atoms with Gasteiger partial charge in [-0.3, -0.25) is 19.1 Å². The third-order valence-electron chi connectivity index (χ3n) is 5.22. The topological polar surface area (TPSA) is 127 Å². The number of nitrogens with zero attached hydrogens (tertiary/aromatic N) is 1. The quantitative estimate of drug-likeness (QED) is 0.625. The second-order valence-electron chi connectivity index (χ2n) is 8.57. The zero-order valence-corrected chi connectivity index (χ0v) is 17.6. The van der Waals surface area contributed by atoms with Crippen LogP contribution in [0.2, 0.25) is 0 Å². The summed E-state index contributed by atoms with van der Waals surface area (Å²) in [5, 5.41) is 0. The van der Waals surface area contributed by atoms with Crippen LogP contribution in [-0.2, 0) is 39.8 Å². The van der Waals surface area contributed by atoms with Gasteiger partial charge in [-0.1, -0.05) is 0 Å². The summed E-state index contributed by atoms with van der Waals surface area (Å²) in [4.78, 5) is 37.3. The SMILES string of the molecule is CC1(C)OCC([C@H]2O[C@@H]3OC(C)(C)O[C@@H]3[C@H]2OC(=O)CCn2cc(F)c(=O)[nH]c2=O)O1. The minimum atomic E-state index is -1.13. The van der Waals surface area contributed by atoms with Gasteiger partial charge in [0.2, 0.25) is 5.82 Å². The summed E-state index contributed by atoms with van der Waals surface area (Å²) in [5.41, 5.74) is -1.95. The number of esters is 1. The number of fused-ring (bicyclic) bond motifs is 1. The van der Waals surface area contributed by atoms with Crippen LogP contribution in [0.1, 0.15) is 34.1 Å². The Morgan fingerprint density at radius 2 is 1.94 bits per heavy atom. The standard InChI is InChI=1S/C19H25FN2O9/c1-18(2)26-8-10(29-18)12-13(14-16(28-12)31-19(3,4)30-14)27-11(23)5-6-22-7-9(20)15(24)21-17(22)25/h7,10,12-14,16H,5-6,8H2,1-4H3,(H,21,24,25)/t10?,12-,13+,14-,16-/m1/s1. The molecule has 4 rings (SSSR count). The zero-order valence-electron chi connectivity index (χ0n) is 17.6. The van der Waals surface area contributed by atoms with Gasteiger partial charge in [0.25, 0.3) is 5.56 Å². The van der Waals surface area contributed by atoms with E-state index in [4.69, 9.17) is 28.4 Å². The summed E-state index contributed by atoms with van der Waals surface area (Å²) in [6.45, 7) is 7.02. The third-order valence-corrected chi connectivity index (χ3v) is 5.22. The van der Waals surface area contributed by atoms with Crippen LogP contribution in [0.15, 0.2) is 15.8 Å². The van der Waals surface area contributed by atoms with Crippen molar-refractivity contribution in [1.29, 1.82) is 0 Å². The van der Waals surface area contributed by atoms with E-state index in [1.54, 1.807) is 27.7 Å². The monoisotopic (exact) mass is 444 g/mol. The molecule has 3 aliphatic rings. The number of rotatable bonds is 5. The molecule has 31 heavy (non-hydrogen) atoms. The van der Waals surface area contributed by atoms with Gasteiger partial charge in [-0.05, 0) is 27.7 Å². The normalized spacial score (nSPS) is 33.4. The molecule has 3 fully saturated rings. The Hall–Kier alpha value is -2.12. The number of H-pyrrole nitrogens is 1. The molecule has 11 nitrogen and oxygen atoms in total. The first-order valence-corrected chi connectivity index (χ1v) is 9.96. The Morgan fingerprint density at radius 1 is 1.19 bits per heavy atom. The maximum absolute atomic E-state index is 13.4. The lowest BCUT2D eigenvalue weighted by Gasteiger charge is -2.28. The summed E-state index contributed by atoms with van der Waals surface area (Å²) in [6.07, 6.45) is -2.97. The molecule has 1 aromatic heterocycles. The van der Waals surface area contributed by atoms with Gasteiger partial charge in [-0.15, -0.1) is 0 Å². The third kappa shape index (κ3) is 4.58.